The van der Waals surface area contributed by atoms with Gasteiger partial charge in [0, 0.05) is 12.5 Å². The van der Waals surface area contributed by atoms with Crippen molar-refractivity contribution in [1.82, 2.24) is 9.88 Å². The molecule has 0 bridgehead atoms. The first kappa shape index (κ1) is 15.8. The van der Waals surface area contributed by atoms with E-state index in [9.17, 15) is 4.79 Å². The molecule has 0 spiro atoms. The summed E-state index contributed by atoms with van der Waals surface area (Å²) in [4.78, 5) is 18.9. The maximum atomic E-state index is 12.1. The smallest absolute Gasteiger partial charge is 0.239 e. The number of hydrogen-bond donors (Lipinski definition) is 1. The van der Waals surface area contributed by atoms with Gasteiger partial charge in [0.1, 0.15) is 11.6 Å². The van der Waals surface area contributed by atoms with Crippen LogP contribution in [0.1, 0.15) is 36.3 Å². The summed E-state index contributed by atoms with van der Waals surface area (Å²) in [5, 5.41) is 0. The van der Waals surface area contributed by atoms with Crippen LogP contribution in [0.2, 0.25) is 0 Å². The molecule has 2 heterocycles. The third-order valence-electron chi connectivity index (χ3n) is 4.86. The van der Waals surface area contributed by atoms with Crippen LogP contribution in [0.3, 0.4) is 0 Å². The molecule has 2 N–H and O–H groups in total. The highest BCUT2D eigenvalue weighted by Gasteiger charge is 2.32. The van der Waals surface area contributed by atoms with E-state index >= 15 is 0 Å². The number of aromatic nitrogens is 1. The number of hydrogen-bond acceptors (Lipinski definition) is 4. The summed E-state index contributed by atoms with van der Waals surface area (Å²) >= 11 is 0. The van der Waals surface area contributed by atoms with Crippen molar-refractivity contribution in [3.63, 3.8) is 0 Å². The quantitative estimate of drug-likeness (QED) is 0.794. The number of benzene rings is 2. The Bertz CT molecular complexity index is 842. The zero-order chi connectivity index (χ0) is 17.2. The Morgan fingerprint density at radius 1 is 1.16 bits per heavy atom. The largest absolute Gasteiger partial charge is 0.440 e. The summed E-state index contributed by atoms with van der Waals surface area (Å²) in [5.74, 6) is 0.610. The normalized spacial score (nSPS) is 19.8. The molecule has 0 radical (unpaired) electrons. The van der Waals surface area contributed by atoms with E-state index < -0.39 is 6.04 Å². The molecule has 0 aliphatic carbocycles. The van der Waals surface area contributed by atoms with Gasteiger partial charge in [0.2, 0.25) is 5.91 Å². The average molecular weight is 335 g/mol. The predicted octanol–water partition coefficient (Wildman–Crippen LogP) is 3.23. The third kappa shape index (κ3) is 3.15. The molecule has 3 aromatic rings. The number of nitrogens with zero attached hydrogens (tertiary/aromatic N) is 2. The minimum Gasteiger partial charge on any atom is -0.440 e. The Labute approximate surface area is 146 Å². The van der Waals surface area contributed by atoms with E-state index in [1.165, 1.54) is 0 Å². The lowest BCUT2D eigenvalue weighted by atomic mass is 9.94. The number of carbonyl (C=O) groups excluding carboxylic acids is 1. The molecule has 1 aromatic heterocycles. The van der Waals surface area contributed by atoms with Gasteiger partial charge in [-0.25, -0.2) is 4.98 Å². The highest BCUT2D eigenvalue weighted by molar-refractivity contribution is 5.81. The summed E-state index contributed by atoms with van der Waals surface area (Å²) in [6.45, 7) is 1.56. The minimum atomic E-state index is -0.409. The molecule has 0 saturated carbocycles. The van der Waals surface area contributed by atoms with Gasteiger partial charge in [-0.15, -0.1) is 0 Å². The molecule has 1 amide bonds. The maximum absolute atomic E-state index is 12.1. The van der Waals surface area contributed by atoms with E-state index in [0.29, 0.717) is 0 Å². The first-order chi connectivity index (χ1) is 12.2. The van der Waals surface area contributed by atoms with E-state index in [1.807, 2.05) is 54.6 Å². The summed E-state index contributed by atoms with van der Waals surface area (Å²) < 4.78 is 5.95. The third-order valence-corrected chi connectivity index (χ3v) is 4.86. The molecule has 1 fully saturated rings. The molecule has 2 aromatic carbocycles. The van der Waals surface area contributed by atoms with E-state index in [0.717, 1.165) is 48.5 Å². The average Bonchev–Trinajstić information content (AvgIpc) is 3.07. The zero-order valence-corrected chi connectivity index (χ0v) is 14.0. The molecule has 128 valence electrons. The molecular formula is C20H21N3O2. The number of para-hydroxylation sites is 2. The molecule has 25 heavy (non-hydrogen) atoms. The van der Waals surface area contributed by atoms with Gasteiger partial charge in [-0.2, -0.15) is 0 Å². The molecule has 5 heteroatoms. The van der Waals surface area contributed by atoms with Crippen LogP contribution in [0.4, 0.5) is 0 Å². The lowest BCUT2D eigenvalue weighted by Crippen LogP contribution is -2.43. The fourth-order valence-corrected chi connectivity index (χ4v) is 3.70. The summed E-state index contributed by atoms with van der Waals surface area (Å²) in [7, 11) is 0. The Hall–Kier alpha value is -2.66. The SMILES string of the molecule is NC(=O)C(c1ccccc1)N1CCCC(c2nc3ccccc3o2)C1. The number of fused-ring (bicyclic) bond motifs is 1. The Kier molecular flexibility index (Phi) is 4.24. The van der Waals surface area contributed by atoms with Crippen molar-refractivity contribution < 1.29 is 9.21 Å². The van der Waals surface area contributed by atoms with Crippen LogP contribution in [0.25, 0.3) is 11.1 Å². The number of piperidine rings is 1. The van der Waals surface area contributed by atoms with Gasteiger partial charge < -0.3 is 10.2 Å². The van der Waals surface area contributed by atoms with Gasteiger partial charge in [-0.3, -0.25) is 9.69 Å². The van der Waals surface area contributed by atoms with Crippen molar-refractivity contribution in [2.24, 2.45) is 5.73 Å². The van der Waals surface area contributed by atoms with E-state index in [1.54, 1.807) is 0 Å². The van der Waals surface area contributed by atoms with Crippen molar-refractivity contribution in [2.75, 3.05) is 13.1 Å². The van der Waals surface area contributed by atoms with Gasteiger partial charge in [-0.05, 0) is 37.1 Å². The van der Waals surface area contributed by atoms with Gasteiger partial charge >= 0.3 is 0 Å². The predicted molar refractivity (Wildman–Crippen MR) is 95.9 cm³/mol. The molecule has 2 atom stereocenters. The Balaban J connectivity index is 1.60. The lowest BCUT2D eigenvalue weighted by Gasteiger charge is -2.36. The second-order valence-electron chi connectivity index (χ2n) is 6.57. The van der Waals surface area contributed by atoms with Gasteiger partial charge in [0.05, 0.1) is 0 Å². The summed E-state index contributed by atoms with van der Waals surface area (Å²) in [6, 6.07) is 17.1. The Morgan fingerprint density at radius 2 is 1.92 bits per heavy atom. The number of primary amides is 1. The number of carbonyl (C=O) groups is 1. The first-order valence-corrected chi connectivity index (χ1v) is 8.66. The van der Waals surface area contributed by atoms with Crippen molar-refractivity contribution >= 4 is 17.0 Å². The monoisotopic (exact) mass is 335 g/mol. The van der Waals surface area contributed by atoms with E-state index in [2.05, 4.69) is 9.88 Å². The van der Waals surface area contributed by atoms with Crippen LogP contribution in [0.5, 0.6) is 0 Å². The summed E-state index contributed by atoms with van der Waals surface area (Å²) in [5.41, 5.74) is 8.35. The van der Waals surface area contributed by atoms with Gasteiger partial charge in [-0.1, -0.05) is 42.5 Å². The number of nitrogens with two attached hydrogens (primary N) is 1. The second-order valence-corrected chi connectivity index (χ2v) is 6.57. The zero-order valence-electron chi connectivity index (χ0n) is 14.0. The molecule has 4 rings (SSSR count). The van der Waals surface area contributed by atoms with E-state index in [4.69, 9.17) is 10.2 Å². The summed E-state index contributed by atoms with van der Waals surface area (Å²) in [6.07, 6.45) is 1.99. The van der Waals surface area contributed by atoms with Crippen molar-refractivity contribution in [2.45, 2.75) is 24.8 Å². The lowest BCUT2D eigenvalue weighted by molar-refractivity contribution is -0.124. The highest BCUT2D eigenvalue weighted by Crippen LogP contribution is 2.33. The number of rotatable bonds is 4. The van der Waals surface area contributed by atoms with Crippen molar-refractivity contribution in [3.8, 4) is 0 Å². The minimum absolute atomic E-state index is 0.173. The van der Waals surface area contributed by atoms with Gasteiger partial charge in [0.15, 0.2) is 11.5 Å². The van der Waals surface area contributed by atoms with Crippen LogP contribution >= 0.6 is 0 Å². The fraction of sp³-hybridized carbons (Fsp3) is 0.300. The van der Waals surface area contributed by atoms with Crippen LogP contribution < -0.4 is 5.73 Å². The van der Waals surface area contributed by atoms with Gasteiger partial charge in [0.25, 0.3) is 0 Å². The highest BCUT2D eigenvalue weighted by atomic mass is 16.3. The topological polar surface area (TPSA) is 72.4 Å². The van der Waals surface area contributed by atoms with Crippen molar-refractivity contribution in [1.29, 1.82) is 0 Å². The number of likely N-dealkylation sites (tertiary alicyclic amines) is 1. The van der Waals surface area contributed by atoms with Crippen LogP contribution in [0.15, 0.2) is 59.0 Å². The first-order valence-electron chi connectivity index (χ1n) is 8.66. The fourth-order valence-electron chi connectivity index (χ4n) is 3.70. The number of amides is 1. The molecule has 5 nitrogen and oxygen atoms in total. The second kappa shape index (κ2) is 6.69. The molecule has 2 unspecified atom stereocenters. The molecule has 1 aliphatic rings. The van der Waals surface area contributed by atoms with E-state index in [-0.39, 0.29) is 11.8 Å². The van der Waals surface area contributed by atoms with Crippen molar-refractivity contribution in [3.05, 3.63) is 66.1 Å². The Morgan fingerprint density at radius 3 is 2.68 bits per heavy atom. The maximum Gasteiger partial charge on any atom is 0.239 e. The number of oxazole rings is 1. The standard InChI is InChI=1S/C20H21N3O2/c21-19(24)18(14-7-2-1-3-8-14)23-12-6-9-15(13-23)20-22-16-10-4-5-11-17(16)25-20/h1-5,7-8,10-11,15,18H,6,9,12-13H2,(H2,21,24). The van der Waals surface area contributed by atoms with Crippen LogP contribution in [0, 0.1) is 0 Å². The van der Waals surface area contributed by atoms with Crippen LogP contribution in [-0.4, -0.2) is 28.9 Å². The molecule has 1 aliphatic heterocycles. The molecule has 1 saturated heterocycles. The van der Waals surface area contributed by atoms with Crippen LogP contribution in [-0.2, 0) is 4.79 Å². The molecular weight excluding hydrogens is 314 g/mol.